The van der Waals surface area contributed by atoms with Crippen LogP contribution in [0.2, 0.25) is 0 Å². The Balaban J connectivity index is 0. The van der Waals surface area contributed by atoms with Crippen molar-refractivity contribution in [2.45, 2.75) is 39.8 Å². The van der Waals surface area contributed by atoms with Crippen molar-refractivity contribution in [2.75, 3.05) is 6.54 Å². The monoisotopic (exact) mass is 181 g/mol. The third-order valence-electron chi connectivity index (χ3n) is 1.86. The minimum atomic E-state index is -0.698. The zero-order valence-electron chi connectivity index (χ0n) is 7.85. The van der Waals surface area contributed by atoms with E-state index in [1.807, 2.05) is 20.8 Å². The van der Waals surface area contributed by atoms with Gasteiger partial charge in [0.1, 0.15) is 5.72 Å². The first-order valence-electron chi connectivity index (χ1n) is 3.98. The Morgan fingerprint density at radius 3 is 2.18 bits per heavy atom. The molecule has 1 unspecified atom stereocenters. The van der Waals surface area contributed by atoms with E-state index in [1.54, 1.807) is 0 Å². The van der Waals surface area contributed by atoms with Crippen molar-refractivity contribution in [3.63, 3.8) is 0 Å². The molecule has 0 aliphatic carbocycles. The Morgan fingerprint density at radius 2 is 1.91 bits per heavy atom. The van der Waals surface area contributed by atoms with Crippen molar-refractivity contribution >= 4 is 12.4 Å². The molecule has 0 rings (SSSR count). The molecule has 0 aromatic heterocycles. The lowest BCUT2D eigenvalue weighted by Gasteiger charge is -2.28. The lowest BCUT2D eigenvalue weighted by molar-refractivity contribution is -0.0192. The molecule has 0 radical (unpaired) electrons. The van der Waals surface area contributed by atoms with Crippen LogP contribution in [0, 0.1) is 5.92 Å². The molecule has 0 bridgehead atoms. The summed E-state index contributed by atoms with van der Waals surface area (Å²) < 4.78 is 0. The van der Waals surface area contributed by atoms with E-state index in [2.05, 4.69) is 12.2 Å². The molecule has 0 saturated carbocycles. The molecule has 70 valence electrons. The number of hydrogen-bond acceptors (Lipinski definition) is 2. The first kappa shape index (κ1) is 13.8. The predicted molar refractivity (Wildman–Crippen MR) is 51.0 cm³/mol. The molecule has 0 amide bonds. The summed E-state index contributed by atoms with van der Waals surface area (Å²) in [6.07, 6.45) is 1.06. The molecule has 2 nitrogen and oxygen atoms in total. The maximum absolute atomic E-state index is 9.61. The van der Waals surface area contributed by atoms with Gasteiger partial charge in [-0.3, -0.25) is 5.32 Å². The van der Waals surface area contributed by atoms with Crippen molar-refractivity contribution in [1.82, 2.24) is 5.32 Å². The van der Waals surface area contributed by atoms with Crippen LogP contribution in [0.3, 0.4) is 0 Å². The van der Waals surface area contributed by atoms with E-state index in [4.69, 9.17) is 0 Å². The van der Waals surface area contributed by atoms with Gasteiger partial charge in [-0.2, -0.15) is 0 Å². The summed E-state index contributed by atoms with van der Waals surface area (Å²) >= 11 is 0. The van der Waals surface area contributed by atoms with Crippen LogP contribution in [0.4, 0.5) is 0 Å². The zero-order valence-corrected chi connectivity index (χ0v) is 8.66. The molecule has 0 fully saturated rings. The third-order valence-corrected chi connectivity index (χ3v) is 1.86. The fourth-order valence-electron chi connectivity index (χ4n) is 0.582. The highest BCUT2D eigenvalue weighted by atomic mass is 35.5. The Labute approximate surface area is 75.8 Å². The van der Waals surface area contributed by atoms with Crippen LogP contribution < -0.4 is 5.32 Å². The van der Waals surface area contributed by atoms with E-state index < -0.39 is 5.72 Å². The van der Waals surface area contributed by atoms with Gasteiger partial charge in [-0.05, 0) is 25.8 Å². The highest BCUT2D eigenvalue weighted by molar-refractivity contribution is 5.85. The Hall–Kier alpha value is 0.210. The average molecular weight is 182 g/mol. The largest absolute Gasteiger partial charge is 0.376 e. The molecular weight excluding hydrogens is 162 g/mol. The standard InChI is InChI=1S/C8H19NO.ClH/c1-5-6-9-8(4,10)7(2)3;/h7,9-10H,5-6H2,1-4H3;1H. The molecule has 0 saturated heterocycles. The number of hydrogen-bond donors (Lipinski definition) is 2. The first-order chi connectivity index (χ1) is 4.50. The fourth-order valence-corrected chi connectivity index (χ4v) is 0.582. The van der Waals surface area contributed by atoms with E-state index in [0.717, 1.165) is 13.0 Å². The fraction of sp³-hybridized carbons (Fsp3) is 1.00. The van der Waals surface area contributed by atoms with E-state index in [1.165, 1.54) is 0 Å². The highest BCUT2D eigenvalue weighted by Gasteiger charge is 2.22. The first-order valence-corrected chi connectivity index (χ1v) is 3.98. The van der Waals surface area contributed by atoms with E-state index >= 15 is 0 Å². The summed E-state index contributed by atoms with van der Waals surface area (Å²) in [6.45, 7) is 8.78. The van der Waals surface area contributed by atoms with Crippen molar-refractivity contribution in [1.29, 1.82) is 0 Å². The SMILES string of the molecule is CCCNC(C)(O)C(C)C.Cl. The van der Waals surface area contributed by atoms with Gasteiger partial charge in [-0.25, -0.2) is 0 Å². The number of halogens is 1. The Morgan fingerprint density at radius 1 is 1.45 bits per heavy atom. The molecule has 0 aromatic rings. The molecule has 11 heavy (non-hydrogen) atoms. The maximum Gasteiger partial charge on any atom is 0.115 e. The van der Waals surface area contributed by atoms with E-state index in [-0.39, 0.29) is 18.3 Å². The zero-order chi connectivity index (χ0) is 8.20. The summed E-state index contributed by atoms with van der Waals surface area (Å²) in [4.78, 5) is 0. The predicted octanol–water partition coefficient (Wildman–Crippen LogP) is 1.77. The molecule has 3 heteroatoms. The van der Waals surface area contributed by atoms with Crippen LogP contribution in [0.1, 0.15) is 34.1 Å². The van der Waals surface area contributed by atoms with Gasteiger partial charge in [-0.15, -0.1) is 12.4 Å². The highest BCUT2D eigenvalue weighted by Crippen LogP contribution is 2.11. The van der Waals surface area contributed by atoms with Gasteiger partial charge in [0.25, 0.3) is 0 Å². The minimum absolute atomic E-state index is 0. The second-order valence-corrected chi connectivity index (χ2v) is 3.23. The van der Waals surface area contributed by atoms with Gasteiger partial charge in [-0.1, -0.05) is 20.8 Å². The second kappa shape index (κ2) is 5.81. The number of aliphatic hydroxyl groups is 1. The molecule has 0 spiro atoms. The van der Waals surface area contributed by atoms with Crippen LogP contribution in [-0.4, -0.2) is 17.4 Å². The van der Waals surface area contributed by atoms with Gasteiger partial charge >= 0.3 is 0 Å². The average Bonchev–Trinajstić information content (AvgIpc) is 1.84. The van der Waals surface area contributed by atoms with E-state index in [0.29, 0.717) is 0 Å². The molecule has 0 aromatic carbocycles. The maximum atomic E-state index is 9.61. The summed E-state index contributed by atoms with van der Waals surface area (Å²) in [5.74, 6) is 0.263. The van der Waals surface area contributed by atoms with E-state index in [9.17, 15) is 5.11 Å². The third kappa shape index (κ3) is 5.48. The second-order valence-electron chi connectivity index (χ2n) is 3.23. The topological polar surface area (TPSA) is 32.3 Å². The summed E-state index contributed by atoms with van der Waals surface area (Å²) in [7, 11) is 0. The van der Waals surface area contributed by atoms with Gasteiger partial charge in [0.15, 0.2) is 0 Å². The smallest absolute Gasteiger partial charge is 0.115 e. The van der Waals surface area contributed by atoms with Crippen LogP contribution >= 0.6 is 12.4 Å². The van der Waals surface area contributed by atoms with Gasteiger partial charge in [0.2, 0.25) is 0 Å². The molecule has 0 aliphatic heterocycles. The van der Waals surface area contributed by atoms with Gasteiger partial charge < -0.3 is 5.11 Å². The van der Waals surface area contributed by atoms with Crippen LogP contribution in [0.15, 0.2) is 0 Å². The van der Waals surface area contributed by atoms with Crippen LogP contribution in [0.25, 0.3) is 0 Å². The molecule has 0 heterocycles. The van der Waals surface area contributed by atoms with Gasteiger partial charge in [0.05, 0.1) is 0 Å². The molecule has 1 atom stereocenters. The molecule has 0 aliphatic rings. The molecular formula is C8H20ClNO. The Bertz CT molecular complexity index is 94.1. The summed E-state index contributed by atoms with van der Waals surface area (Å²) in [6, 6.07) is 0. The normalized spacial score (nSPS) is 15.8. The quantitative estimate of drug-likeness (QED) is 0.649. The van der Waals surface area contributed by atoms with Crippen molar-refractivity contribution in [3.05, 3.63) is 0 Å². The van der Waals surface area contributed by atoms with Crippen molar-refractivity contribution in [2.24, 2.45) is 5.92 Å². The molecule has 2 N–H and O–H groups in total. The summed E-state index contributed by atoms with van der Waals surface area (Å²) in [5, 5.41) is 12.7. The Kier molecular flexibility index (Phi) is 7.28. The lowest BCUT2D eigenvalue weighted by atomic mass is 10.0. The van der Waals surface area contributed by atoms with Crippen molar-refractivity contribution < 1.29 is 5.11 Å². The van der Waals surface area contributed by atoms with Gasteiger partial charge in [0, 0.05) is 0 Å². The minimum Gasteiger partial charge on any atom is -0.376 e. The number of nitrogens with one attached hydrogen (secondary N) is 1. The lowest BCUT2D eigenvalue weighted by Crippen LogP contribution is -2.46. The van der Waals surface area contributed by atoms with Crippen molar-refractivity contribution in [3.8, 4) is 0 Å². The van der Waals surface area contributed by atoms with Crippen LogP contribution in [-0.2, 0) is 0 Å². The van der Waals surface area contributed by atoms with Crippen LogP contribution in [0.5, 0.6) is 0 Å². The number of rotatable bonds is 4. The summed E-state index contributed by atoms with van der Waals surface area (Å²) in [5.41, 5.74) is -0.698.